The van der Waals surface area contributed by atoms with Gasteiger partial charge >= 0.3 is 0 Å². The minimum Gasteiger partial charge on any atom is -0.756 e. The summed E-state index contributed by atoms with van der Waals surface area (Å²) < 4.78 is 23.3. The Morgan fingerprint density at radius 1 is 0.479 bits per heavy atom. The number of aliphatic hydroxyl groups is 1. The van der Waals surface area contributed by atoms with E-state index in [4.69, 9.17) is 9.05 Å². The summed E-state index contributed by atoms with van der Waals surface area (Å²) in [6.07, 6.45) is 68.9. The van der Waals surface area contributed by atoms with Crippen LogP contribution in [0.5, 0.6) is 0 Å². The number of hydrogen-bond donors (Lipinski definition) is 2. The molecule has 0 heterocycles. The number of unbranched alkanes of at least 4 members (excludes halogenated alkanes) is 43. The molecule has 0 saturated heterocycles. The summed E-state index contributed by atoms with van der Waals surface area (Å²) in [7, 11) is 1.25. The van der Waals surface area contributed by atoms with Crippen molar-refractivity contribution in [1.29, 1.82) is 0 Å². The molecule has 0 bridgehead atoms. The maximum absolute atomic E-state index is 12.9. The van der Waals surface area contributed by atoms with E-state index in [2.05, 4.69) is 31.3 Å². The van der Waals surface area contributed by atoms with Gasteiger partial charge in [0.2, 0.25) is 5.91 Å². The van der Waals surface area contributed by atoms with E-state index in [0.717, 1.165) is 38.5 Å². The number of carbonyl (C=O) groups excluding carboxylic acids is 1. The number of rotatable bonds is 58. The molecule has 3 unspecified atom stereocenters. The van der Waals surface area contributed by atoms with Crippen molar-refractivity contribution in [3.8, 4) is 0 Å². The highest BCUT2D eigenvalue weighted by atomic mass is 31.2. The second kappa shape index (κ2) is 53.8. The molecule has 0 aromatic carbocycles. The van der Waals surface area contributed by atoms with E-state index in [9.17, 15) is 19.4 Å². The number of aliphatic hydroxyl groups excluding tert-OH is 1. The van der Waals surface area contributed by atoms with Crippen LogP contribution in [0, 0.1) is 0 Å². The van der Waals surface area contributed by atoms with Crippen molar-refractivity contribution < 1.29 is 32.9 Å². The molecule has 1 amide bonds. The van der Waals surface area contributed by atoms with Crippen LogP contribution >= 0.6 is 7.82 Å². The lowest BCUT2D eigenvalue weighted by molar-refractivity contribution is -0.870. The lowest BCUT2D eigenvalue weighted by Crippen LogP contribution is -2.45. The first-order valence-electron chi connectivity index (χ1n) is 31.2. The van der Waals surface area contributed by atoms with Gasteiger partial charge in [0, 0.05) is 6.42 Å². The molecular formula is C62H123N2O6P. The molecule has 0 fully saturated rings. The van der Waals surface area contributed by atoms with Crippen LogP contribution in [0.25, 0.3) is 0 Å². The number of quaternary nitrogens is 1. The fourth-order valence-electron chi connectivity index (χ4n) is 9.53. The molecule has 0 aromatic heterocycles. The van der Waals surface area contributed by atoms with Crippen LogP contribution in [0.15, 0.2) is 24.3 Å². The van der Waals surface area contributed by atoms with Gasteiger partial charge in [0.25, 0.3) is 7.82 Å². The van der Waals surface area contributed by atoms with Crippen LogP contribution < -0.4 is 10.2 Å². The van der Waals surface area contributed by atoms with Crippen molar-refractivity contribution >= 4 is 13.7 Å². The second-order valence-corrected chi connectivity index (χ2v) is 24.2. The van der Waals surface area contributed by atoms with Crippen molar-refractivity contribution in [2.45, 2.75) is 328 Å². The van der Waals surface area contributed by atoms with E-state index < -0.39 is 20.0 Å². The normalized spacial score (nSPS) is 14.0. The molecule has 9 heteroatoms. The predicted octanol–water partition coefficient (Wildman–Crippen LogP) is 18.5. The van der Waals surface area contributed by atoms with Gasteiger partial charge in [-0.15, -0.1) is 0 Å². The molecular weight excluding hydrogens is 900 g/mol. The van der Waals surface area contributed by atoms with Gasteiger partial charge in [0.15, 0.2) is 0 Å². The standard InChI is InChI=1S/C62H123N2O6P/c1-6-8-10-12-14-16-18-19-20-21-22-23-24-25-26-27-28-29-30-31-32-33-34-35-36-37-38-39-40-41-42-43-44-46-48-50-52-54-56-62(66)63-60(59-70-71(67,68)69-58-57-64(3,4)5)61(65)55-53-51-49-47-45-17-15-13-11-9-7-2/h45,47,53,55,60-61,65H,6-44,46,48-52,54,56-59H2,1-5H3,(H-,63,66,67,68)/b47-45+,55-53+. The summed E-state index contributed by atoms with van der Waals surface area (Å²) >= 11 is 0. The Kier molecular flexibility index (Phi) is 53.0. The number of likely N-dealkylation sites (N-methyl/N-ethyl adjacent to an activating group) is 1. The third-order valence-corrected chi connectivity index (χ3v) is 15.4. The van der Waals surface area contributed by atoms with E-state index in [1.54, 1.807) is 6.08 Å². The number of hydrogen-bond acceptors (Lipinski definition) is 6. The lowest BCUT2D eigenvalue weighted by atomic mass is 10.0. The topological polar surface area (TPSA) is 108 Å². The minimum absolute atomic E-state index is 0.00417. The fourth-order valence-corrected chi connectivity index (χ4v) is 10.2. The number of nitrogens with one attached hydrogen (secondary N) is 1. The first kappa shape index (κ1) is 70.0. The van der Waals surface area contributed by atoms with Gasteiger partial charge in [0.1, 0.15) is 13.2 Å². The van der Waals surface area contributed by atoms with Crippen molar-refractivity contribution in [2.75, 3.05) is 40.9 Å². The molecule has 0 aromatic rings. The monoisotopic (exact) mass is 1020 g/mol. The molecule has 0 aliphatic rings. The highest BCUT2D eigenvalue weighted by molar-refractivity contribution is 7.45. The maximum atomic E-state index is 12.9. The first-order valence-corrected chi connectivity index (χ1v) is 32.7. The summed E-state index contributed by atoms with van der Waals surface area (Å²) in [6.45, 7) is 4.63. The highest BCUT2D eigenvalue weighted by Crippen LogP contribution is 2.38. The maximum Gasteiger partial charge on any atom is 0.268 e. The van der Waals surface area contributed by atoms with Gasteiger partial charge in [-0.3, -0.25) is 9.36 Å². The van der Waals surface area contributed by atoms with Crippen molar-refractivity contribution in [2.24, 2.45) is 0 Å². The molecule has 0 aliphatic carbocycles. The minimum atomic E-state index is -4.60. The van der Waals surface area contributed by atoms with Crippen LogP contribution in [-0.2, 0) is 18.4 Å². The van der Waals surface area contributed by atoms with Crippen molar-refractivity contribution in [3.63, 3.8) is 0 Å². The molecule has 71 heavy (non-hydrogen) atoms. The fraction of sp³-hybridized carbons (Fsp3) is 0.919. The number of allylic oxidation sites excluding steroid dienone is 3. The third-order valence-electron chi connectivity index (χ3n) is 14.4. The molecule has 422 valence electrons. The quantitative estimate of drug-likeness (QED) is 0.0272. The van der Waals surface area contributed by atoms with Crippen molar-refractivity contribution in [1.82, 2.24) is 5.32 Å². The van der Waals surface area contributed by atoms with Gasteiger partial charge in [-0.25, -0.2) is 0 Å². The van der Waals surface area contributed by atoms with E-state index >= 15 is 0 Å². The van der Waals surface area contributed by atoms with E-state index in [0.29, 0.717) is 17.4 Å². The lowest BCUT2D eigenvalue weighted by Gasteiger charge is -2.29. The largest absolute Gasteiger partial charge is 0.756 e. The zero-order valence-corrected chi connectivity index (χ0v) is 49.1. The Morgan fingerprint density at radius 3 is 1.14 bits per heavy atom. The van der Waals surface area contributed by atoms with Crippen molar-refractivity contribution in [3.05, 3.63) is 24.3 Å². The number of carbonyl (C=O) groups is 1. The van der Waals surface area contributed by atoms with Crippen LogP contribution in [0.4, 0.5) is 0 Å². The third kappa shape index (κ3) is 56.5. The molecule has 0 radical (unpaired) electrons. The average Bonchev–Trinajstić information content (AvgIpc) is 3.33. The molecule has 3 atom stereocenters. The Balaban J connectivity index is 3.82. The Labute approximate surface area is 443 Å². The molecule has 0 spiro atoms. The molecule has 8 nitrogen and oxygen atoms in total. The van der Waals surface area contributed by atoms with E-state index in [1.165, 1.54) is 257 Å². The van der Waals surface area contributed by atoms with E-state index in [-0.39, 0.29) is 19.1 Å². The number of nitrogens with zero attached hydrogens (tertiary/aromatic N) is 1. The van der Waals surface area contributed by atoms with Gasteiger partial charge in [-0.05, 0) is 32.1 Å². The van der Waals surface area contributed by atoms with E-state index in [1.807, 2.05) is 27.2 Å². The second-order valence-electron chi connectivity index (χ2n) is 22.8. The van der Waals surface area contributed by atoms with Gasteiger partial charge < -0.3 is 28.8 Å². The summed E-state index contributed by atoms with van der Waals surface area (Å²) in [5.41, 5.74) is 0. The smallest absolute Gasteiger partial charge is 0.268 e. The van der Waals surface area contributed by atoms with Crippen LogP contribution in [-0.4, -0.2) is 68.5 Å². The summed E-state index contributed by atoms with van der Waals surface area (Å²) in [5, 5.41) is 13.8. The van der Waals surface area contributed by atoms with Crippen LogP contribution in [0.2, 0.25) is 0 Å². The summed E-state index contributed by atoms with van der Waals surface area (Å²) in [6, 6.07) is -0.899. The Bertz CT molecular complexity index is 1210. The number of amides is 1. The molecule has 0 saturated carbocycles. The SMILES string of the molecule is CCCCCCC/C=C/CC/C=C/C(O)C(COP(=O)([O-])OCC[N+](C)(C)C)NC(=O)CCCCCCCCCCCCCCCCCCCCCCCCCCCCCCCCCCCCCCCC. The Hall–Kier alpha value is -1.02. The summed E-state index contributed by atoms with van der Waals surface area (Å²) in [5.74, 6) is -0.203. The molecule has 0 rings (SSSR count). The van der Waals surface area contributed by atoms with Crippen LogP contribution in [0.1, 0.15) is 316 Å². The zero-order valence-electron chi connectivity index (χ0n) is 48.2. The number of phosphoric ester groups is 1. The predicted molar refractivity (Wildman–Crippen MR) is 307 cm³/mol. The summed E-state index contributed by atoms with van der Waals surface area (Å²) in [4.78, 5) is 25.4. The number of phosphoric acid groups is 1. The van der Waals surface area contributed by atoms with Gasteiger partial charge in [0.05, 0.1) is 39.9 Å². The van der Waals surface area contributed by atoms with Gasteiger partial charge in [-0.1, -0.05) is 301 Å². The first-order chi connectivity index (χ1) is 34.5. The molecule has 2 N–H and O–H groups in total. The van der Waals surface area contributed by atoms with Crippen LogP contribution in [0.3, 0.4) is 0 Å². The van der Waals surface area contributed by atoms with Gasteiger partial charge in [-0.2, -0.15) is 0 Å². The highest BCUT2D eigenvalue weighted by Gasteiger charge is 2.23. The zero-order chi connectivity index (χ0) is 52.0. The average molecular weight is 1020 g/mol. The Morgan fingerprint density at radius 2 is 0.789 bits per heavy atom. The molecule has 0 aliphatic heterocycles.